The van der Waals surface area contributed by atoms with Crippen LogP contribution in [0, 0.1) is 0 Å². The molecule has 6 heteroatoms. The van der Waals surface area contributed by atoms with Crippen molar-refractivity contribution in [2.75, 3.05) is 33.5 Å². The van der Waals surface area contributed by atoms with E-state index in [1.807, 2.05) is 12.1 Å². The van der Waals surface area contributed by atoms with Gasteiger partial charge in [-0.2, -0.15) is 0 Å². The summed E-state index contributed by atoms with van der Waals surface area (Å²) in [7, 11) is -1.80. The third kappa shape index (κ3) is 5.05. The Bertz CT molecular complexity index is 572. The van der Waals surface area contributed by atoms with E-state index in [4.69, 9.17) is 9.47 Å². The highest BCUT2D eigenvalue weighted by Gasteiger charge is 2.17. The average Bonchev–Trinajstić information content (AvgIpc) is 2.53. The molecule has 124 valence electrons. The maximum atomic E-state index is 12.3. The van der Waals surface area contributed by atoms with Gasteiger partial charge in [-0.15, -0.1) is 0 Å². The Hall–Kier alpha value is -0.950. The number of fused-ring (bicyclic) bond motifs is 1. The Balaban J connectivity index is 1.82. The van der Waals surface area contributed by atoms with Crippen molar-refractivity contribution >= 4 is 10.0 Å². The van der Waals surface area contributed by atoms with Crippen molar-refractivity contribution in [3.8, 4) is 0 Å². The molecule has 0 aromatic heterocycles. The van der Waals surface area contributed by atoms with Gasteiger partial charge in [0.1, 0.15) is 0 Å². The minimum atomic E-state index is -3.42. The van der Waals surface area contributed by atoms with E-state index in [0.717, 1.165) is 19.3 Å². The van der Waals surface area contributed by atoms with E-state index in [-0.39, 0.29) is 0 Å². The largest absolute Gasteiger partial charge is 0.382 e. The molecule has 0 saturated carbocycles. The van der Waals surface area contributed by atoms with Gasteiger partial charge < -0.3 is 9.47 Å². The van der Waals surface area contributed by atoms with Crippen LogP contribution >= 0.6 is 0 Å². The Morgan fingerprint density at radius 1 is 1.09 bits per heavy atom. The van der Waals surface area contributed by atoms with Crippen LogP contribution in [0.1, 0.15) is 30.4 Å². The van der Waals surface area contributed by atoms with E-state index in [0.29, 0.717) is 37.7 Å². The fourth-order valence-electron chi connectivity index (χ4n) is 2.59. The summed E-state index contributed by atoms with van der Waals surface area (Å²) in [6, 6.07) is 5.49. The highest BCUT2D eigenvalue weighted by molar-refractivity contribution is 7.89. The van der Waals surface area contributed by atoms with Gasteiger partial charge in [0.2, 0.25) is 10.0 Å². The highest BCUT2D eigenvalue weighted by Crippen LogP contribution is 2.23. The standard InChI is InChI=1S/C16H25NO4S/c1-20-11-12-21-10-4-9-17-22(18,19)16-8-7-14-5-2-3-6-15(14)13-16/h7-8,13,17H,2-6,9-12H2,1H3. The topological polar surface area (TPSA) is 64.6 Å². The van der Waals surface area contributed by atoms with Crippen molar-refractivity contribution in [3.05, 3.63) is 29.3 Å². The summed E-state index contributed by atoms with van der Waals surface area (Å²) in [5.41, 5.74) is 2.47. The van der Waals surface area contributed by atoms with E-state index in [1.165, 1.54) is 17.5 Å². The molecule has 2 rings (SSSR count). The van der Waals surface area contributed by atoms with E-state index in [2.05, 4.69) is 4.72 Å². The smallest absolute Gasteiger partial charge is 0.240 e. The first-order valence-corrected chi connectivity index (χ1v) is 9.30. The number of benzene rings is 1. The molecule has 22 heavy (non-hydrogen) atoms. The maximum absolute atomic E-state index is 12.3. The second-order valence-corrected chi connectivity index (χ2v) is 7.26. The van der Waals surface area contributed by atoms with Gasteiger partial charge in [0.25, 0.3) is 0 Å². The lowest BCUT2D eigenvalue weighted by molar-refractivity contribution is 0.0699. The van der Waals surface area contributed by atoms with Crippen molar-refractivity contribution in [2.45, 2.75) is 37.0 Å². The first kappa shape index (κ1) is 17.4. The van der Waals surface area contributed by atoms with Crippen molar-refractivity contribution in [1.82, 2.24) is 4.72 Å². The highest BCUT2D eigenvalue weighted by atomic mass is 32.2. The van der Waals surface area contributed by atoms with Crippen LogP contribution < -0.4 is 4.72 Å². The van der Waals surface area contributed by atoms with Gasteiger partial charge in [-0.25, -0.2) is 13.1 Å². The second-order valence-electron chi connectivity index (χ2n) is 5.49. The van der Waals surface area contributed by atoms with E-state index in [1.54, 1.807) is 13.2 Å². The van der Waals surface area contributed by atoms with Gasteiger partial charge in [0.05, 0.1) is 18.1 Å². The van der Waals surface area contributed by atoms with Crippen molar-refractivity contribution in [1.29, 1.82) is 0 Å². The molecule has 1 aliphatic rings. The van der Waals surface area contributed by atoms with Crippen LogP contribution in [0.25, 0.3) is 0 Å². The van der Waals surface area contributed by atoms with Crippen LogP contribution in [-0.2, 0) is 32.3 Å². The zero-order chi connectivity index (χ0) is 15.8. The van der Waals surface area contributed by atoms with Crippen molar-refractivity contribution in [2.24, 2.45) is 0 Å². The van der Waals surface area contributed by atoms with Gasteiger partial charge in [-0.1, -0.05) is 6.07 Å². The van der Waals surface area contributed by atoms with Crippen LogP contribution in [0.4, 0.5) is 0 Å². The van der Waals surface area contributed by atoms with E-state index in [9.17, 15) is 8.42 Å². The van der Waals surface area contributed by atoms with Crippen LogP contribution in [0.3, 0.4) is 0 Å². The molecule has 0 bridgehead atoms. The third-order valence-corrected chi connectivity index (χ3v) is 5.28. The SMILES string of the molecule is COCCOCCCNS(=O)(=O)c1ccc2c(c1)CCCC2. The first-order valence-electron chi connectivity index (χ1n) is 7.81. The first-order chi connectivity index (χ1) is 10.6. The lowest BCUT2D eigenvalue weighted by atomic mass is 9.92. The molecule has 0 amide bonds. The van der Waals surface area contributed by atoms with Crippen LogP contribution in [0.15, 0.2) is 23.1 Å². The Kier molecular flexibility index (Phi) is 6.82. The summed E-state index contributed by atoms with van der Waals surface area (Å²) in [4.78, 5) is 0.369. The number of ether oxygens (including phenoxy) is 2. The number of nitrogens with one attached hydrogen (secondary N) is 1. The summed E-state index contributed by atoms with van der Waals surface area (Å²) in [5.74, 6) is 0. The average molecular weight is 327 g/mol. The van der Waals surface area contributed by atoms with Gasteiger partial charge in [-0.3, -0.25) is 0 Å². The zero-order valence-corrected chi connectivity index (χ0v) is 14.0. The number of rotatable bonds is 9. The van der Waals surface area contributed by atoms with E-state index < -0.39 is 10.0 Å². The quantitative estimate of drug-likeness (QED) is 0.704. The molecule has 5 nitrogen and oxygen atoms in total. The van der Waals surface area contributed by atoms with Crippen LogP contribution in [-0.4, -0.2) is 41.9 Å². The van der Waals surface area contributed by atoms with Gasteiger partial charge >= 0.3 is 0 Å². The molecule has 0 heterocycles. The van der Waals surface area contributed by atoms with Crippen molar-refractivity contribution < 1.29 is 17.9 Å². The minimum Gasteiger partial charge on any atom is -0.382 e. The summed E-state index contributed by atoms with van der Waals surface area (Å²) in [6.07, 6.45) is 5.02. The number of sulfonamides is 1. The van der Waals surface area contributed by atoms with Crippen LogP contribution in [0.5, 0.6) is 0 Å². The number of methoxy groups -OCH3 is 1. The minimum absolute atomic E-state index is 0.369. The Morgan fingerprint density at radius 3 is 2.64 bits per heavy atom. The molecule has 0 radical (unpaired) electrons. The summed E-state index contributed by atoms with van der Waals surface area (Å²) in [5, 5.41) is 0. The lowest BCUT2D eigenvalue weighted by Gasteiger charge is -2.16. The van der Waals surface area contributed by atoms with E-state index >= 15 is 0 Å². The predicted molar refractivity (Wildman–Crippen MR) is 85.6 cm³/mol. The lowest BCUT2D eigenvalue weighted by Crippen LogP contribution is -2.26. The molecular weight excluding hydrogens is 302 g/mol. The monoisotopic (exact) mass is 327 g/mol. The molecule has 1 aromatic rings. The van der Waals surface area contributed by atoms with Crippen LogP contribution in [0.2, 0.25) is 0 Å². The summed E-state index contributed by atoms with van der Waals surface area (Å²) in [6.45, 7) is 2.00. The third-order valence-electron chi connectivity index (χ3n) is 3.82. The molecule has 0 fully saturated rings. The molecule has 1 aliphatic carbocycles. The fourth-order valence-corrected chi connectivity index (χ4v) is 3.71. The Morgan fingerprint density at radius 2 is 1.86 bits per heavy atom. The van der Waals surface area contributed by atoms with Crippen molar-refractivity contribution in [3.63, 3.8) is 0 Å². The van der Waals surface area contributed by atoms with Gasteiger partial charge in [0, 0.05) is 20.3 Å². The molecular formula is C16H25NO4S. The molecule has 0 atom stereocenters. The number of hydrogen-bond donors (Lipinski definition) is 1. The summed E-state index contributed by atoms with van der Waals surface area (Å²) >= 11 is 0. The Labute approximate surface area is 133 Å². The molecule has 0 aliphatic heterocycles. The molecule has 0 saturated heterocycles. The number of aryl methyl sites for hydroxylation is 2. The second kappa shape index (κ2) is 8.62. The predicted octanol–water partition coefficient (Wildman–Crippen LogP) is 1.90. The normalized spacial score (nSPS) is 14.8. The molecule has 0 unspecified atom stereocenters. The molecule has 1 N–H and O–H groups in total. The summed E-state index contributed by atoms with van der Waals surface area (Å²) < 4.78 is 37.4. The number of hydrogen-bond acceptors (Lipinski definition) is 4. The maximum Gasteiger partial charge on any atom is 0.240 e. The fraction of sp³-hybridized carbons (Fsp3) is 0.625. The van der Waals surface area contributed by atoms with Gasteiger partial charge in [-0.05, 0) is 55.4 Å². The molecule has 0 spiro atoms. The zero-order valence-electron chi connectivity index (χ0n) is 13.1. The van der Waals surface area contributed by atoms with Gasteiger partial charge in [0.15, 0.2) is 0 Å². The molecule has 1 aromatic carbocycles.